The molecule has 0 spiro atoms. The van der Waals surface area contributed by atoms with Crippen LogP contribution in [-0.4, -0.2) is 35.3 Å². The molecule has 2 unspecified atom stereocenters. The van der Waals surface area contributed by atoms with E-state index in [0.29, 0.717) is 17.5 Å². The van der Waals surface area contributed by atoms with E-state index in [4.69, 9.17) is 5.11 Å². The van der Waals surface area contributed by atoms with Crippen LogP contribution in [-0.2, 0) is 0 Å². The van der Waals surface area contributed by atoms with E-state index in [0.717, 1.165) is 6.42 Å². The minimum atomic E-state index is 0.286. The predicted molar refractivity (Wildman–Crippen MR) is 63.8 cm³/mol. The average molecular weight is 217 g/mol. The molecule has 1 saturated heterocycles. The molecule has 2 nitrogen and oxygen atoms in total. The maximum atomic E-state index is 8.85. The largest absolute Gasteiger partial charge is 0.396 e. The quantitative estimate of drug-likeness (QED) is 0.754. The van der Waals surface area contributed by atoms with Crippen molar-refractivity contribution < 1.29 is 5.11 Å². The summed E-state index contributed by atoms with van der Waals surface area (Å²) in [5, 5.41) is 12.5. The third-order valence-electron chi connectivity index (χ3n) is 3.17. The summed E-state index contributed by atoms with van der Waals surface area (Å²) in [4.78, 5) is 0. The fraction of sp³-hybridized carbons (Fsp3) is 1.00. The van der Waals surface area contributed by atoms with Gasteiger partial charge in [-0.15, -0.1) is 0 Å². The lowest BCUT2D eigenvalue weighted by Gasteiger charge is -2.40. The summed E-state index contributed by atoms with van der Waals surface area (Å²) in [5.74, 6) is 2.50. The van der Waals surface area contributed by atoms with Crippen LogP contribution in [0.5, 0.6) is 0 Å². The summed E-state index contributed by atoms with van der Waals surface area (Å²) in [6, 6.07) is 1.03. The predicted octanol–water partition coefficient (Wildman–Crippen LogP) is 1.88. The fourth-order valence-corrected chi connectivity index (χ4v) is 3.45. The zero-order valence-corrected chi connectivity index (χ0v) is 10.4. The Labute approximate surface area is 91.9 Å². The number of hydrogen-bond donors (Lipinski definition) is 2. The second-order valence-corrected chi connectivity index (χ2v) is 6.10. The van der Waals surface area contributed by atoms with E-state index < -0.39 is 0 Å². The third-order valence-corrected chi connectivity index (χ3v) is 4.23. The zero-order valence-electron chi connectivity index (χ0n) is 9.55. The minimum absolute atomic E-state index is 0.286. The molecule has 0 aliphatic carbocycles. The molecule has 0 aromatic heterocycles. The summed E-state index contributed by atoms with van der Waals surface area (Å²) in [6.45, 7) is 7.13. The van der Waals surface area contributed by atoms with Crippen molar-refractivity contribution in [1.82, 2.24) is 5.32 Å². The van der Waals surface area contributed by atoms with Crippen molar-refractivity contribution in [3.8, 4) is 0 Å². The van der Waals surface area contributed by atoms with Crippen molar-refractivity contribution >= 4 is 11.8 Å². The van der Waals surface area contributed by atoms with Crippen molar-refractivity contribution in [2.45, 2.75) is 45.7 Å². The van der Waals surface area contributed by atoms with Crippen LogP contribution >= 0.6 is 11.8 Å². The lowest BCUT2D eigenvalue weighted by atomic mass is 9.82. The van der Waals surface area contributed by atoms with E-state index in [1.807, 2.05) is 11.8 Å². The zero-order chi connectivity index (χ0) is 10.6. The first-order chi connectivity index (χ1) is 6.56. The molecule has 1 fully saturated rings. The maximum Gasteiger partial charge on any atom is 0.0445 e. The van der Waals surface area contributed by atoms with Gasteiger partial charge in [-0.1, -0.05) is 13.8 Å². The van der Waals surface area contributed by atoms with Crippen molar-refractivity contribution in [1.29, 1.82) is 0 Å². The Balaban J connectivity index is 2.41. The van der Waals surface area contributed by atoms with Gasteiger partial charge in [-0.25, -0.2) is 0 Å². The van der Waals surface area contributed by atoms with Gasteiger partial charge in [0.25, 0.3) is 0 Å². The molecule has 84 valence electrons. The normalized spacial score (nSPS) is 28.7. The van der Waals surface area contributed by atoms with Gasteiger partial charge in [0.05, 0.1) is 0 Å². The number of thioether (sulfide) groups is 1. The SMILES string of the molecule is CC(CCO)NC1CSCCC1(C)C. The molecule has 0 amide bonds. The Morgan fingerprint density at radius 2 is 2.29 bits per heavy atom. The first-order valence-corrected chi connectivity index (χ1v) is 6.66. The Kier molecular flexibility index (Phi) is 4.74. The van der Waals surface area contributed by atoms with Crippen molar-refractivity contribution in [3.05, 3.63) is 0 Å². The van der Waals surface area contributed by atoms with Crippen molar-refractivity contribution in [2.75, 3.05) is 18.1 Å². The smallest absolute Gasteiger partial charge is 0.0445 e. The van der Waals surface area contributed by atoms with E-state index in [9.17, 15) is 0 Å². The van der Waals surface area contributed by atoms with Crippen LogP contribution in [0.3, 0.4) is 0 Å². The molecular weight excluding hydrogens is 194 g/mol. The van der Waals surface area contributed by atoms with E-state index >= 15 is 0 Å². The van der Waals surface area contributed by atoms with Crippen LogP contribution in [0.4, 0.5) is 0 Å². The molecule has 1 heterocycles. The first kappa shape index (κ1) is 12.3. The van der Waals surface area contributed by atoms with Gasteiger partial charge in [-0.3, -0.25) is 0 Å². The third kappa shape index (κ3) is 3.44. The Morgan fingerprint density at radius 3 is 2.86 bits per heavy atom. The van der Waals surface area contributed by atoms with Crippen LogP contribution in [0, 0.1) is 5.41 Å². The number of nitrogens with one attached hydrogen (secondary N) is 1. The Bertz CT molecular complexity index is 173. The van der Waals surface area contributed by atoms with E-state index in [1.165, 1.54) is 17.9 Å². The second-order valence-electron chi connectivity index (χ2n) is 4.95. The summed E-state index contributed by atoms with van der Waals surface area (Å²) < 4.78 is 0. The lowest BCUT2D eigenvalue weighted by molar-refractivity contribution is 0.210. The van der Waals surface area contributed by atoms with Crippen molar-refractivity contribution in [2.24, 2.45) is 5.41 Å². The number of aliphatic hydroxyl groups excluding tert-OH is 1. The first-order valence-electron chi connectivity index (χ1n) is 5.51. The standard InChI is InChI=1S/C11H23NOS/c1-9(4-6-13)12-10-8-14-7-5-11(10,2)3/h9-10,12-13H,4-8H2,1-3H3. The van der Waals surface area contributed by atoms with Crippen molar-refractivity contribution in [3.63, 3.8) is 0 Å². The molecule has 0 aromatic rings. The molecule has 0 bridgehead atoms. The highest BCUT2D eigenvalue weighted by Gasteiger charge is 2.32. The molecule has 2 N–H and O–H groups in total. The van der Waals surface area contributed by atoms with Crippen LogP contribution in [0.15, 0.2) is 0 Å². The molecule has 0 saturated carbocycles. The van der Waals surface area contributed by atoms with E-state index in [2.05, 4.69) is 26.1 Å². The highest BCUT2D eigenvalue weighted by atomic mass is 32.2. The van der Waals surface area contributed by atoms with Gasteiger partial charge in [0.2, 0.25) is 0 Å². The van der Waals surface area contributed by atoms with E-state index in [-0.39, 0.29) is 6.61 Å². The van der Waals surface area contributed by atoms with Gasteiger partial charge >= 0.3 is 0 Å². The van der Waals surface area contributed by atoms with Crippen LogP contribution in [0.2, 0.25) is 0 Å². The Hall–Kier alpha value is 0.270. The highest BCUT2D eigenvalue weighted by Crippen LogP contribution is 2.34. The van der Waals surface area contributed by atoms with Gasteiger partial charge in [-0.2, -0.15) is 11.8 Å². The van der Waals surface area contributed by atoms with Gasteiger partial charge in [0.15, 0.2) is 0 Å². The lowest BCUT2D eigenvalue weighted by Crippen LogP contribution is -2.50. The molecule has 3 heteroatoms. The molecule has 1 aliphatic rings. The summed E-state index contributed by atoms with van der Waals surface area (Å²) >= 11 is 2.04. The number of hydrogen-bond acceptors (Lipinski definition) is 3. The Morgan fingerprint density at radius 1 is 1.57 bits per heavy atom. The maximum absolute atomic E-state index is 8.85. The molecule has 1 aliphatic heterocycles. The number of rotatable bonds is 4. The van der Waals surface area contributed by atoms with E-state index in [1.54, 1.807) is 0 Å². The molecule has 14 heavy (non-hydrogen) atoms. The molecule has 0 aromatic carbocycles. The second kappa shape index (κ2) is 5.38. The average Bonchev–Trinajstić information content (AvgIpc) is 2.09. The topological polar surface area (TPSA) is 32.3 Å². The molecule has 1 rings (SSSR count). The molecule has 0 radical (unpaired) electrons. The van der Waals surface area contributed by atoms with Gasteiger partial charge < -0.3 is 10.4 Å². The van der Waals surface area contributed by atoms with Gasteiger partial charge in [0, 0.05) is 24.4 Å². The monoisotopic (exact) mass is 217 g/mol. The van der Waals surface area contributed by atoms with Crippen LogP contribution < -0.4 is 5.32 Å². The molecular formula is C11H23NOS. The number of aliphatic hydroxyl groups is 1. The van der Waals surface area contributed by atoms with Crippen LogP contribution in [0.25, 0.3) is 0 Å². The summed E-state index contributed by atoms with van der Waals surface area (Å²) in [7, 11) is 0. The molecule has 2 atom stereocenters. The van der Waals surface area contributed by atoms with Gasteiger partial charge in [0.1, 0.15) is 0 Å². The minimum Gasteiger partial charge on any atom is -0.396 e. The highest BCUT2D eigenvalue weighted by molar-refractivity contribution is 7.99. The summed E-state index contributed by atoms with van der Waals surface area (Å²) in [5.41, 5.74) is 0.412. The van der Waals surface area contributed by atoms with Crippen LogP contribution in [0.1, 0.15) is 33.6 Å². The summed E-state index contributed by atoms with van der Waals surface area (Å²) in [6.07, 6.45) is 2.15. The fourth-order valence-electron chi connectivity index (χ4n) is 1.83. The van der Waals surface area contributed by atoms with Gasteiger partial charge in [-0.05, 0) is 30.9 Å².